The molecule has 1 fully saturated rings. The summed E-state index contributed by atoms with van der Waals surface area (Å²) in [6.45, 7) is 0.238. The maximum Gasteiger partial charge on any atom is 0.326 e. The third-order valence-corrected chi connectivity index (χ3v) is 4.30. The molecule has 26 heavy (non-hydrogen) atoms. The predicted octanol–water partition coefficient (Wildman–Crippen LogP) is 3.36. The standard InChI is InChI=1S/C18H14BrFN2O4/c1-25-15-7-11(6-14-17(23)22-18(24)21-14)13(19)8-16(15)26-9-10-2-4-12(20)5-3-10/h2-8H,9H2,1H3,(H2,21,22,23,24)/b14-6+. The monoisotopic (exact) mass is 420 g/mol. The highest BCUT2D eigenvalue weighted by Crippen LogP contribution is 2.35. The number of urea groups is 1. The van der Waals surface area contributed by atoms with E-state index in [2.05, 4.69) is 26.6 Å². The van der Waals surface area contributed by atoms with Gasteiger partial charge in [0.25, 0.3) is 5.91 Å². The summed E-state index contributed by atoms with van der Waals surface area (Å²) < 4.78 is 24.7. The molecule has 3 rings (SSSR count). The molecule has 3 amide bonds. The molecule has 0 saturated carbocycles. The second kappa shape index (κ2) is 7.57. The van der Waals surface area contributed by atoms with Crippen molar-refractivity contribution in [1.82, 2.24) is 10.6 Å². The second-order valence-corrected chi connectivity index (χ2v) is 6.26. The second-order valence-electron chi connectivity index (χ2n) is 5.41. The lowest BCUT2D eigenvalue weighted by atomic mass is 10.1. The number of halogens is 2. The van der Waals surface area contributed by atoms with Gasteiger partial charge >= 0.3 is 6.03 Å². The molecule has 0 bridgehead atoms. The molecule has 2 N–H and O–H groups in total. The summed E-state index contributed by atoms with van der Waals surface area (Å²) in [5, 5.41) is 4.55. The van der Waals surface area contributed by atoms with E-state index in [9.17, 15) is 14.0 Å². The van der Waals surface area contributed by atoms with Crippen LogP contribution in [-0.4, -0.2) is 19.0 Å². The number of amides is 3. The first-order chi connectivity index (χ1) is 12.5. The van der Waals surface area contributed by atoms with Gasteiger partial charge in [-0.05, 0) is 41.5 Å². The average Bonchev–Trinajstić information content (AvgIpc) is 2.93. The van der Waals surface area contributed by atoms with Gasteiger partial charge in [0.15, 0.2) is 11.5 Å². The van der Waals surface area contributed by atoms with Gasteiger partial charge in [-0.1, -0.05) is 28.1 Å². The predicted molar refractivity (Wildman–Crippen MR) is 96.1 cm³/mol. The highest BCUT2D eigenvalue weighted by Gasteiger charge is 2.23. The Kier molecular flexibility index (Phi) is 5.22. The Hall–Kier alpha value is -2.87. The molecule has 2 aromatic carbocycles. The zero-order valence-electron chi connectivity index (χ0n) is 13.6. The van der Waals surface area contributed by atoms with Gasteiger partial charge in [-0.25, -0.2) is 9.18 Å². The first kappa shape index (κ1) is 17.9. The Bertz CT molecular complexity index is 897. The van der Waals surface area contributed by atoms with E-state index in [0.29, 0.717) is 21.5 Å². The summed E-state index contributed by atoms with van der Waals surface area (Å²) in [6.07, 6.45) is 1.52. The van der Waals surface area contributed by atoms with E-state index in [-0.39, 0.29) is 18.1 Å². The number of carbonyl (C=O) groups is 2. The summed E-state index contributed by atoms with van der Waals surface area (Å²) in [5.41, 5.74) is 1.57. The molecule has 1 aliphatic heterocycles. The summed E-state index contributed by atoms with van der Waals surface area (Å²) in [5.74, 6) is 0.115. The number of methoxy groups -OCH3 is 1. The first-order valence-electron chi connectivity index (χ1n) is 7.55. The minimum Gasteiger partial charge on any atom is -0.493 e. The molecule has 0 unspecified atom stereocenters. The fourth-order valence-electron chi connectivity index (χ4n) is 2.31. The van der Waals surface area contributed by atoms with Crippen molar-refractivity contribution in [2.75, 3.05) is 7.11 Å². The van der Waals surface area contributed by atoms with Crippen molar-refractivity contribution in [3.8, 4) is 11.5 Å². The summed E-state index contributed by atoms with van der Waals surface area (Å²) in [7, 11) is 1.50. The topological polar surface area (TPSA) is 76.7 Å². The minimum atomic E-state index is -0.566. The van der Waals surface area contributed by atoms with Crippen molar-refractivity contribution in [3.63, 3.8) is 0 Å². The molecular formula is C18H14BrFN2O4. The molecule has 0 aliphatic carbocycles. The van der Waals surface area contributed by atoms with E-state index in [1.165, 1.54) is 25.3 Å². The molecule has 0 aromatic heterocycles. The van der Waals surface area contributed by atoms with Crippen LogP contribution in [0.4, 0.5) is 9.18 Å². The van der Waals surface area contributed by atoms with Crippen LogP contribution in [-0.2, 0) is 11.4 Å². The zero-order valence-corrected chi connectivity index (χ0v) is 15.2. The first-order valence-corrected chi connectivity index (χ1v) is 8.34. The number of hydrogen-bond donors (Lipinski definition) is 2. The Morgan fingerprint density at radius 2 is 1.85 bits per heavy atom. The number of carbonyl (C=O) groups excluding carboxylic acids is 2. The molecular weight excluding hydrogens is 407 g/mol. The summed E-state index contributed by atoms with van der Waals surface area (Å²) >= 11 is 3.41. The van der Waals surface area contributed by atoms with E-state index < -0.39 is 11.9 Å². The van der Waals surface area contributed by atoms with Crippen LogP contribution in [0, 0.1) is 5.82 Å². The number of ether oxygens (including phenoxy) is 2. The van der Waals surface area contributed by atoms with Crippen LogP contribution in [0.2, 0.25) is 0 Å². The molecule has 134 valence electrons. The molecule has 1 heterocycles. The molecule has 6 nitrogen and oxygen atoms in total. The molecule has 0 radical (unpaired) electrons. The summed E-state index contributed by atoms with van der Waals surface area (Å²) in [4.78, 5) is 22.8. The lowest BCUT2D eigenvalue weighted by molar-refractivity contribution is -0.115. The fraction of sp³-hybridized carbons (Fsp3) is 0.111. The van der Waals surface area contributed by atoms with Crippen molar-refractivity contribution < 1.29 is 23.5 Å². The Balaban J connectivity index is 1.83. The molecule has 1 saturated heterocycles. The van der Waals surface area contributed by atoms with Crippen LogP contribution in [0.25, 0.3) is 6.08 Å². The van der Waals surface area contributed by atoms with E-state index in [1.54, 1.807) is 24.3 Å². The number of benzene rings is 2. The lowest BCUT2D eigenvalue weighted by Crippen LogP contribution is -2.22. The Morgan fingerprint density at radius 1 is 1.12 bits per heavy atom. The Labute approximate surface area is 157 Å². The highest BCUT2D eigenvalue weighted by molar-refractivity contribution is 9.10. The van der Waals surface area contributed by atoms with Gasteiger partial charge in [-0.15, -0.1) is 0 Å². The SMILES string of the molecule is COc1cc(/C=C2/NC(=O)NC2=O)c(Br)cc1OCc1ccc(F)cc1. The molecule has 2 aromatic rings. The minimum absolute atomic E-state index is 0.137. The Morgan fingerprint density at radius 3 is 2.46 bits per heavy atom. The quantitative estimate of drug-likeness (QED) is 0.574. The van der Waals surface area contributed by atoms with E-state index in [1.807, 2.05) is 0 Å². The summed E-state index contributed by atoms with van der Waals surface area (Å²) in [6, 6.07) is 8.81. The van der Waals surface area contributed by atoms with Crippen LogP contribution < -0.4 is 20.1 Å². The van der Waals surface area contributed by atoms with Gasteiger partial charge in [0.1, 0.15) is 18.1 Å². The molecule has 0 spiro atoms. The fourth-order valence-corrected chi connectivity index (χ4v) is 2.75. The van der Waals surface area contributed by atoms with E-state index in [0.717, 1.165) is 5.56 Å². The zero-order chi connectivity index (χ0) is 18.7. The van der Waals surface area contributed by atoms with Crippen molar-refractivity contribution in [2.24, 2.45) is 0 Å². The van der Waals surface area contributed by atoms with Gasteiger partial charge < -0.3 is 14.8 Å². The van der Waals surface area contributed by atoms with Crippen molar-refractivity contribution >= 4 is 33.9 Å². The largest absolute Gasteiger partial charge is 0.493 e. The lowest BCUT2D eigenvalue weighted by Gasteiger charge is -2.13. The van der Waals surface area contributed by atoms with Crippen molar-refractivity contribution in [3.05, 3.63) is 63.5 Å². The molecule has 0 atom stereocenters. The normalized spacial score (nSPS) is 15.0. The third-order valence-electron chi connectivity index (χ3n) is 3.61. The number of rotatable bonds is 5. The maximum atomic E-state index is 13.0. The smallest absolute Gasteiger partial charge is 0.326 e. The van der Waals surface area contributed by atoms with Crippen molar-refractivity contribution in [2.45, 2.75) is 6.61 Å². The van der Waals surface area contributed by atoms with E-state index >= 15 is 0 Å². The van der Waals surface area contributed by atoms with Crippen LogP contribution in [0.1, 0.15) is 11.1 Å². The number of hydrogen-bond acceptors (Lipinski definition) is 4. The molecule has 8 heteroatoms. The van der Waals surface area contributed by atoms with Crippen LogP contribution in [0.15, 0.2) is 46.6 Å². The van der Waals surface area contributed by atoms with Crippen molar-refractivity contribution in [1.29, 1.82) is 0 Å². The van der Waals surface area contributed by atoms with Gasteiger partial charge in [0.05, 0.1) is 7.11 Å². The van der Waals surface area contributed by atoms with Crippen LogP contribution in [0.5, 0.6) is 11.5 Å². The van der Waals surface area contributed by atoms with E-state index in [4.69, 9.17) is 9.47 Å². The third kappa shape index (κ3) is 4.02. The van der Waals surface area contributed by atoms with Gasteiger partial charge in [0.2, 0.25) is 0 Å². The molecule has 1 aliphatic rings. The highest BCUT2D eigenvalue weighted by atomic mass is 79.9. The van der Waals surface area contributed by atoms with Gasteiger partial charge in [0, 0.05) is 4.47 Å². The maximum absolute atomic E-state index is 13.0. The van der Waals surface area contributed by atoms with Crippen LogP contribution in [0.3, 0.4) is 0 Å². The average molecular weight is 421 g/mol. The number of nitrogens with one attached hydrogen (secondary N) is 2. The van der Waals surface area contributed by atoms with Gasteiger partial charge in [-0.2, -0.15) is 0 Å². The van der Waals surface area contributed by atoms with Gasteiger partial charge in [-0.3, -0.25) is 10.1 Å². The number of imide groups is 1. The van der Waals surface area contributed by atoms with Crippen LogP contribution >= 0.6 is 15.9 Å².